The Hall–Kier alpha value is -4.15. The van der Waals surface area contributed by atoms with Gasteiger partial charge in [0.25, 0.3) is 0 Å². The zero-order valence-corrected chi connectivity index (χ0v) is 30.9. The molecule has 3 aromatic carbocycles. The average molecular weight is 692 g/mol. The van der Waals surface area contributed by atoms with Gasteiger partial charge < -0.3 is 14.0 Å². The molecule has 0 unspecified atom stereocenters. The summed E-state index contributed by atoms with van der Waals surface area (Å²) >= 11 is 1.17. The zero-order chi connectivity index (χ0) is 34.6. The molecule has 264 valence electrons. The minimum absolute atomic E-state index is 0.648. The van der Waals surface area contributed by atoms with Gasteiger partial charge in [-0.15, -0.1) is 0 Å². The van der Waals surface area contributed by atoms with Gasteiger partial charge in [-0.25, -0.2) is 0 Å². The lowest BCUT2D eigenvalue weighted by Gasteiger charge is -2.06. The molecule has 5 aromatic rings. The Morgan fingerprint density at radius 2 is 1.12 bits per heavy atom. The van der Waals surface area contributed by atoms with Crippen molar-refractivity contribution in [3.8, 4) is 45.9 Å². The average Bonchev–Trinajstić information content (AvgIpc) is 3.85. The number of unbranched alkanes of at least 4 members (excludes halogenated alkanes) is 14. The maximum Gasteiger partial charge on any atom is 0.169 e. The van der Waals surface area contributed by atoms with Crippen molar-refractivity contribution >= 4 is 22.8 Å². The molecule has 0 atom stereocenters. The number of fused-ring (bicyclic) bond motifs is 1. The van der Waals surface area contributed by atoms with Crippen LogP contribution in [0.25, 0.3) is 33.6 Å². The summed E-state index contributed by atoms with van der Waals surface area (Å²) < 4.78 is 26.9. The van der Waals surface area contributed by atoms with Gasteiger partial charge >= 0.3 is 0 Å². The number of hydrogen-bond donors (Lipinski definition) is 0. The van der Waals surface area contributed by atoms with Crippen molar-refractivity contribution in [1.82, 2.24) is 13.9 Å². The predicted octanol–water partition coefficient (Wildman–Crippen LogP) is 12.5. The van der Waals surface area contributed by atoms with E-state index in [1.807, 2.05) is 66.7 Å². The van der Waals surface area contributed by atoms with Crippen LogP contribution in [0, 0.1) is 11.8 Å². The van der Waals surface area contributed by atoms with Crippen molar-refractivity contribution in [2.45, 2.75) is 117 Å². The summed E-state index contributed by atoms with van der Waals surface area (Å²) in [5, 5.41) is 4.36. The highest BCUT2D eigenvalue weighted by molar-refractivity contribution is 7.00. The van der Waals surface area contributed by atoms with Crippen LogP contribution in [0.2, 0.25) is 0 Å². The number of benzene rings is 3. The molecule has 0 amide bonds. The van der Waals surface area contributed by atoms with Crippen molar-refractivity contribution in [1.29, 1.82) is 0 Å². The van der Waals surface area contributed by atoms with Gasteiger partial charge in [-0.3, -0.25) is 0 Å². The molecular weight excluding hydrogens is 639 g/mol. The second-order valence-corrected chi connectivity index (χ2v) is 13.7. The van der Waals surface area contributed by atoms with Crippen LogP contribution in [0.1, 0.15) is 128 Å². The van der Waals surface area contributed by atoms with Gasteiger partial charge in [0.1, 0.15) is 28.2 Å². The first-order chi connectivity index (χ1) is 24.7. The van der Waals surface area contributed by atoms with E-state index in [1.54, 1.807) is 0 Å². The second kappa shape index (κ2) is 21.2. The van der Waals surface area contributed by atoms with E-state index in [0.29, 0.717) is 5.76 Å². The van der Waals surface area contributed by atoms with E-state index in [9.17, 15) is 0 Å². The minimum Gasteiger partial charge on any atom is -0.494 e. The highest BCUT2D eigenvalue weighted by atomic mass is 32.1. The van der Waals surface area contributed by atoms with E-state index in [1.165, 1.54) is 102 Å². The van der Waals surface area contributed by atoms with Crippen LogP contribution in [0.5, 0.6) is 11.5 Å². The minimum atomic E-state index is 0.648. The largest absolute Gasteiger partial charge is 0.494 e. The van der Waals surface area contributed by atoms with Crippen LogP contribution in [0.3, 0.4) is 0 Å². The van der Waals surface area contributed by atoms with E-state index in [4.69, 9.17) is 14.0 Å². The Morgan fingerprint density at radius 3 is 1.72 bits per heavy atom. The fraction of sp³-hybridized carbons (Fsp3) is 0.465. The highest BCUT2D eigenvalue weighted by Gasteiger charge is 2.16. The van der Waals surface area contributed by atoms with Gasteiger partial charge in [-0.1, -0.05) is 121 Å². The van der Waals surface area contributed by atoms with E-state index in [-0.39, 0.29) is 0 Å². The Labute approximate surface area is 303 Å². The number of nitrogens with zero attached hydrogens (tertiary/aromatic N) is 3. The van der Waals surface area contributed by atoms with Crippen molar-refractivity contribution in [3.63, 3.8) is 0 Å². The first kappa shape index (κ1) is 37.1. The molecule has 0 spiro atoms. The Morgan fingerprint density at radius 1 is 0.580 bits per heavy atom. The normalized spacial score (nSPS) is 11.1. The SMILES string of the molecule is CCCCCCCCCCOc1ccc(C#Cc2ccc(-c3cc(-c4ccc(OCCCCCCCCCC)cc4)no3)c3nsnc23)cc1. The van der Waals surface area contributed by atoms with Crippen LogP contribution in [-0.2, 0) is 0 Å². The molecule has 7 heteroatoms. The zero-order valence-electron chi connectivity index (χ0n) is 30.1. The summed E-state index contributed by atoms with van der Waals surface area (Å²) in [6.07, 6.45) is 20.7. The molecule has 0 bridgehead atoms. The molecule has 2 heterocycles. The Kier molecular flexibility index (Phi) is 15.7. The van der Waals surface area contributed by atoms with Gasteiger partial charge in [0.2, 0.25) is 0 Å². The molecule has 0 saturated heterocycles. The third kappa shape index (κ3) is 11.7. The number of hydrogen-bond acceptors (Lipinski definition) is 7. The predicted molar refractivity (Wildman–Crippen MR) is 207 cm³/mol. The molecule has 2 aromatic heterocycles. The number of rotatable bonds is 22. The number of ether oxygens (including phenoxy) is 2. The lowest BCUT2D eigenvalue weighted by atomic mass is 10.0. The van der Waals surface area contributed by atoms with Crippen molar-refractivity contribution < 1.29 is 14.0 Å². The summed E-state index contributed by atoms with van der Waals surface area (Å²) in [4.78, 5) is 0. The van der Waals surface area contributed by atoms with Crippen LogP contribution in [0.4, 0.5) is 0 Å². The summed E-state index contributed by atoms with van der Waals surface area (Å²) in [6, 6.07) is 22.0. The summed E-state index contributed by atoms with van der Waals surface area (Å²) in [5.41, 5.74) is 5.87. The standard InChI is InChI=1S/C43H53N3O3S/c1-3-5-7-9-11-13-15-17-31-47-37-26-20-34(21-27-37)19-22-36-25-30-39(43-42(36)45-50-46-43)41-33-40(44-49-41)35-23-28-38(29-24-35)48-32-18-16-14-12-10-8-6-4-2/h20-21,23-30,33H,3-18,31-32H2,1-2H3. The summed E-state index contributed by atoms with van der Waals surface area (Å²) in [7, 11) is 0. The molecule has 0 aliphatic rings. The second-order valence-electron chi connectivity index (χ2n) is 13.1. The van der Waals surface area contributed by atoms with E-state index < -0.39 is 0 Å². The fourth-order valence-corrected chi connectivity index (χ4v) is 6.63. The molecule has 0 N–H and O–H groups in total. The molecule has 0 aliphatic heterocycles. The van der Waals surface area contributed by atoms with Crippen LogP contribution >= 0.6 is 11.7 Å². The maximum atomic E-state index is 5.98. The van der Waals surface area contributed by atoms with E-state index >= 15 is 0 Å². The number of aromatic nitrogens is 3. The molecule has 5 rings (SSSR count). The first-order valence-corrected chi connectivity index (χ1v) is 19.7. The molecule has 0 fully saturated rings. The lowest BCUT2D eigenvalue weighted by Crippen LogP contribution is -1.97. The summed E-state index contributed by atoms with van der Waals surface area (Å²) in [5.74, 6) is 8.99. The maximum absolute atomic E-state index is 5.98. The summed E-state index contributed by atoms with van der Waals surface area (Å²) in [6.45, 7) is 6.03. The van der Waals surface area contributed by atoms with Gasteiger partial charge in [0, 0.05) is 22.8 Å². The lowest BCUT2D eigenvalue weighted by molar-refractivity contribution is 0.304. The third-order valence-corrected chi connectivity index (χ3v) is 9.60. The monoisotopic (exact) mass is 691 g/mol. The van der Waals surface area contributed by atoms with Gasteiger partial charge in [0.05, 0.1) is 30.5 Å². The molecular formula is C43H53N3O3S. The van der Waals surface area contributed by atoms with Crippen molar-refractivity contribution in [3.05, 3.63) is 77.9 Å². The molecule has 6 nitrogen and oxygen atoms in total. The van der Waals surface area contributed by atoms with Crippen LogP contribution in [0.15, 0.2) is 71.3 Å². The highest BCUT2D eigenvalue weighted by Crippen LogP contribution is 2.32. The quantitative estimate of drug-likeness (QED) is 0.0531. The molecule has 0 saturated carbocycles. The van der Waals surface area contributed by atoms with Crippen molar-refractivity contribution in [2.75, 3.05) is 13.2 Å². The third-order valence-electron chi connectivity index (χ3n) is 9.07. The Balaban J connectivity index is 1.10. The van der Waals surface area contributed by atoms with Gasteiger partial charge in [0.15, 0.2) is 5.76 Å². The molecule has 0 radical (unpaired) electrons. The van der Waals surface area contributed by atoms with Crippen LogP contribution < -0.4 is 9.47 Å². The first-order valence-electron chi connectivity index (χ1n) is 19.0. The van der Waals surface area contributed by atoms with Gasteiger partial charge in [-0.05, 0) is 73.5 Å². The molecule has 0 aliphatic carbocycles. The van der Waals surface area contributed by atoms with Crippen molar-refractivity contribution in [2.24, 2.45) is 0 Å². The Bertz CT molecular complexity index is 1750. The molecule has 50 heavy (non-hydrogen) atoms. The fourth-order valence-electron chi connectivity index (χ4n) is 6.05. The van der Waals surface area contributed by atoms with E-state index in [0.717, 1.165) is 76.5 Å². The van der Waals surface area contributed by atoms with Crippen LogP contribution in [-0.4, -0.2) is 27.1 Å². The van der Waals surface area contributed by atoms with Gasteiger partial charge in [-0.2, -0.15) is 8.75 Å². The topological polar surface area (TPSA) is 70.3 Å². The smallest absolute Gasteiger partial charge is 0.169 e. The van der Waals surface area contributed by atoms with E-state index in [2.05, 4.69) is 39.6 Å².